The minimum Gasteiger partial charge on any atom is -0.481 e. The van der Waals surface area contributed by atoms with Gasteiger partial charge in [-0.25, -0.2) is 8.42 Å². The van der Waals surface area contributed by atoms with Crippen molar-refractivity contribution in [1.29, 1.82) is 0 Å². The summed E-state index contributed by atoms with van der Waals surface area (Å²) in [6, 6.07) is -0.486. The lowest BCUT2D eigenvalue weighted by Crippen LogP contribution is -2.54. The van der Waals surface area contributed by atoms with Gasteiger partial charge in [0.25, 0.3) is 0 Å². The number of sulfone groups is 1. The Morgan fingerprint density at radius 2 is 1.74 bits per heavy atom. The molecule has 1 rings (SSSR count). The Hall–Kier alpha value is -1.11. The molecule has 1 fully saturated rings. The second kappa shape index (κ2) is 5.48. The maximum absolute atomic E-state index is 12.1. The van der Waals surface area contributed by atoms with Crippen LogP contribution in [0.2, 0.25) is 0 Å². The summed E-state index contributed by atoms with van der Waals surface area (Å²) < 4.78 is 21.6. The fourth-order valence-corrected chi connectivity index (χ4v) is 2.51. The number of carboxylic acids is 1. The van der Waals surface area contributed by atoms with Crippen LogP contribution in [-0.4, -0.2) is 42.4 Å². The van der Waals surface area contributed by atoms with Crippen LogP contribution < -0.4 is 5.32 Å². The zero-order valence-electron chi connectivity index (χ0n) is 11.5. The molecule has 0 aromatic carbocycles. The van der Waals surface area contributed by atoms with E-state index in [9.17, 15) is 18.0 Å². The van der Waals surface area contributed by atoms with E-state index in [1.165, 1.54) is 13.8 Å². The van der Waals surface area contributed by atoms with Crippen LogP contribution in [0.15, 0.2) is 0 Å². The van der Waals surface area contributed by atoms with Crippen molar-refractivity contribution in [2.75, 3.05) is 6.26 Å². The Kier molecular flexibility index (Phi) is 4.60. The van der Waals surface area contributed by atoms with Crippen molar-refractivity contribution in [3.05, 3.63) is 0 Å². The van der Waals surface area contributed by atoms with Gasteiger partial charge >= 0.3 is 5.97 Å². The molecule has 0 aliphatic heterocycles. The fraction of sp³-hybridized carbons (Fsp3) is 0.833. The normalized spacial score (nSPS) is 24.8. The summed E-state index contributed by atoms with van der Waals surface area (Å²) in [7, 11) is -3.55. The molecule has 19 heavy (non-hydrogen) atoms. The minimum atomic E-state index is -3.55. The topological polar surface area (TPSA) is 101 Å². The number of aliphatic carboxylic acids is 1. The summed E-state index contributed by atoms with van der Waals surface area (Å²) in [5, 5.41) is 11.7. The Bertz CT molecular complexity index is 469. The minimum absolute atomic E-state index is 0.486. The summed E-state index contributed by atoms with van der Waals surface area (Å²) in [5.41, 5.74) is 0. The number of hydrogen-bond acceptors (Lipinski definition) is 4. The molecular formula is C12H21NO5S. The number of carboxylic acid groups (broad SMARTS) is 1. The Labute approximate surface area is 113 Å². The van der Waals surface area contributed by atoms with Gasteiger partial charge in [-0.05, 0) is 26.7 Å². The molecule has 2 atom stereocenters. The largest absolute Gasteiger partial charge is 0.481 e. The summed E-state index contributed by atoms with van der Waals surface area (Å²) in [5.74, 6) is -2.21. The molecule has 110 valence electrons. The van der Waals surface area contributed by atoms with E-state index < -0.39 is 38.4 Å². The maximum atomic E-state index is 12.1. The summed E-state index contributed by atoms with van der Waals surface area (Å²) in [6.07, 6.45) is 3.75. The van der Waals surface area contributed by atoms with Crippen molar-refractivity contribution in [3.63, 3.8) is 0 Å². The van der Waals surface area contributed by atoms with Crippen LogP contribution in [0.1, 0.15) is 39.5 Å². The van der Waals surface area contributed by atoms with Gasteiger partial charge in [0.05, 0.1) is 5.92 Å². The third-order valence-electron chi connectivity index (χ3n) is 3.87. The maximum Gasteiger partial charge on any atom is 0.308 e. The average molecular weight is 291 g/mol. The van der Waals surface area contributed by atoms with Gasteiger partial charge in [-0.2, -0.15) is 0 Å². The third kappa shape index (κ3) is 3.46. The average Bonchev–Trinajstić information content (AvgIpc) is 2.27. The Morgan fingerprint density at radius 3 is 2.21 bits per heavy atom. The van der Waals surface area contributed by atoms with Gasteiger partial charge in [-0.1, -0.05) is 12.8 Å². The monoisotopic (exact) mass is 291 g/mol. The van der Waals surface area contributed by atoms with Crippen LogP contribution in [0.5, 0.6) is 0 Å². The fourth-order valence-electron chi connectivity index (χ4n) is 2.11. The first kappa shape index (κ1) is 15.9. The highest BCUT2D eigenvalue weighted by Gasteiger charge is 2.41. The molecule has 0 spiro atoms. The number of rotatable bonds is 4. The van der Waals surface area contributed by atoms with Crippen molar-refractivity contribution in [3.8, 4) is 0 Å². The molecule has 1 aliphatic rings. The van der Waals surface area contributed by atoms with Crippen LogP contribution in [0.4, 0.5) is 0 Å². The van der Waals surface area contributed by atoms with E-state index in [1.54, 1.807) is 0 Å². The molecule has 0 aromatic heterocycles. The van der Waals surface area contributed by atoms with Crippen molar-refractivity contribution in [1.82, 2.24) is 5.32 Å². The molecule has 1 saturated carbocycles. The lowest BCUT2D eigenvalue weighted by Gasteiger charge is -2.32. The molecule has 0 radical (unpaired) electrons. The van der Waals surface area contributed by atoms with Gasteiger partial charge < -0.3 is 10.4 Å². The molecule has 1 aliphatic carbocycles. The molecule has 7 heteroatoms. The van der Waals surface area contributed by atoms with Crippen LogP contribution in [0.3, 0.4) is 0 Å². The van der Waals surface area contributed by atoms with Gasteiger partial charge in [0, 0.05) is 12.3 Å². The Morgan fingerprint density at radius 1 is 1.21 bits per heavy atom. The molecule has 0 aromatic rings. The molecule has 1 amide bonds. The molecule has 2 N–H and O–H groups in total. The Balaban J connectivity index is 2.83. The molecule has 2 unspecified atom stereocenters. The van der Waals surface area contributed by atoms with Gasteiger partial charge in [-0.15, -0.1) is 0 Å². The van der Waals surface area contributed by atoms with Crippen LogP contribution in [0.25, 0.3) is 0 Å². The number of nitrogens with one attached hydrogen (secondary N) is 1. The summed E-state index contributed by atoms with van der Waals surface area (Å²) >= 11 is 0. The van der Waals surface area contributed by atoms with Crippen molar-refractivity contribution in [2.45, 2.75) is 50.3 Å². The molecule has 0 heterocycles. The number of carbonyl (C=O) groups is 2. The quantitative estimate of drug-likeness (QED) is 0.788. The standard InChI is InChI=1S/C12H21NO5S/c1-12(2,19(3,17)18)11(16)13-9-7-5-4-6-8(9)10(14)15/h8-9H,4-7H2,1-3H3,(H,13,16)(H,14,15). The van der Waals surface area contributed by atoms with Gasteiger partial charge in [0.2, 0.25) is 5.91 Å². The van der Waals surface area contributed by atoms with Crippen LogP contribution >= 0.6 is 0 Å². The van der Waals surface area contributed by atoms with E-state index >= 15 is 0 Å². The SMILES string of the molecule is CC(C)(C(=O)NC1CCCCC1C(=O)O)S(C)(=O)=O. The molecule has 6 nitrogen and oxygen atoms in total. The lowest BCUT2D eigenvalue weighted by atomic mass is 9.84. The molecule has 0 saturated heterocycles. The van der Waals surface area contributed by atoms with Crippen LogP contribution in [0, 0.1) is 5.92 Å². The first-order valence-corrected chi connectivity index (χ1v) is 8.20. The van der Waals surface area contributed by atoms with Gasteiger partial charge in [-0.3, -0.25) is 9.59 Å². The predicted molar refractivity (Wildman–Crippen MR) is 70.4 cm³/mol. The second-order valence-corrected chi connectivity index (χ2v) is 8.16. The van der Waals surface area contributed by atoms with Crippen LogP contribution in [-0.2, 0) is 19.4 Å². The third-order valence-corrected chi connectivity index (χ3v) is 5.91. The second-order valence-electron chi connectivity index (χ2n) is 5.59. The zero-order chi connectivity index (χ0) is 14.8. The highest BCUT2D eigenvalue weighted by molar-refractivity contribution is 7.92. The van der Waals surface area contributed by atoms with E-state index in [0.29, 0.717) is 12.8 Å². The van der Waals surface area contributed by atoms with Crippen molar-refractivity contribution in [2.24, 2.45) is 5.92 Å². The number of hydrogen-bond donors (Lipinski definition) is 2. The molecule has 0 bridgehead atoms. The zero-order valence-corrected chi connectivity index (χ0v) is 12.3. The predicted octanol–water partition coefficient (Wildman–Crippen LogP) is 0.569. The number of amides is 1. The van der Waals surface area contributed by atoms with Gasteiger partial charge in [0.1, 0.15) is 4.75 Å². The van der Waals surface area contributed by atoms with E-state index in [-0.39, 0.29) is 0 Å². The van der Waals surface area contributed by atoms with E-state index in [4.69, 9.17) is 5.11 Å². The first-order chi connectivity index (χ1) is 8.57. The van der Waals surface area contributed by atoms with Gasteiger partial charge in [0.15, 0.2) is 9.84 Å². The van der Waals surface area contributed by atoms with E-state index in [0.717, 1.165) is 19.1 Å². The molecular weight excluding hydrogens is 270 g/mol. The first-order valence-electron chi connectivity index (χ1n) is 6.30. The van der Waals surface area contributed by atoms with Crippen molar-refractivity contribution < 1.29 is 23.1 Å². The van der Waals surface area contributed by atoms with E-state index in [2.05, 4.69) is 5.32 Å². The smallest absolute Gasteiger partial charge is 0.308 e. The summed E-state index contributed by atoms with van der Waals surface area (Å²) in [6.45, 7) is 2.66. The highest BCUT2D eigenvalue weighted by atomic mass is 32.2. The number of carbonyl (C=O) groups excluding carboxylic acids is 1. The summed E-state index contributed by atoms with van der Waals surface area (Å²) in [4.78, 5) is 23.2. The highest BCUT2D eigenvalue weighted by Crippen LogP contribution is 2.26. The van der Waals surface area contributed by atoms with E-state index in [1.807, 2.05) is 0 Å². The van der Waals surface area contributed by atoms with Crippen molar-refractivity contribution >= 4 is 21.7 Å². The lowest BCUT2D eigenvalue weighted by molar-refractivity contribution is -0.144.